The molecule has 3 rings (SSSR count). The van der Waals surface area contributed by atoms with Gasteiger partial charge in [0.05, 0.1) is 7.11 Å². The van der Waals surface area contributed by atoms with E-state index >= 15 is 0 Å². The van der Waals surface area contributed by atoms with Crippen LogP contribution in [0.25, 0.3) is 22.6 Å². The van der Waals surface area contributed by atoms with Crippen LogP contribution < -0.4 is 4.74 Å². The van der Waals surface area contributed by atoms with E-state index in [1.807, 2.05) is 48.5 Å². The van der Waals surface area contributed by atoms with Crippen LogP contribution >= 0.6 is 12.2 Å². The number of H-pyrrole nitrogens is 1. The Bertz CT molecular complexity index is 792. The van der Waals surface area contributed by atoms with E-state index in [2.05, 4.69) is 10.2 Å². The van der Waals surface area contributed by atoms with Crippen LogP contribution in [-0.2, 0) is 0 Å². The molecular formula is C15H12N2O2S. The molecule has 1 aromatic heterocycles. The molecule has 0 saturated heterocycles. The Hall–Kier alpha value is -2.40. The summed E-state index contributed by atoms with van der Waals surface area (Å²) in [6.07, 6.45) is 0. The summed E-state index contributed by atoms with van der Waals surface area (Å²) in [6, 6.07) is 15.7. The van der Waals surface area contributed by atoms with Crippen LogP contribution in [-0.4, -0.2) is 17.3 Å². The molecule has 0 bridgehead atoms. The minimum absolute atomic E-state index is 0.266. The third-order valence-corrected chi connectivity index (χ3v) is 3.14. The van der Waals surface area contributed by atoms with Gasteiger partial charge in [-0.05, 0) is 36.0 Å². The molecule has 0 aliphatic heterocycles. The van der Waals surface area contributed by atoms with Gasteiger partial charge in [-0.3, -0.25) is 0 Å². The number of para-hydroxylation sites is 1. The van der Waals surface area contributed by atoms with Crippen molar-refractivity contribution >= 4 is 12.2 Å². The van der Waals surface area contributed by atoms with Crippen LogP contribution in [0.4, 0.5) is 0 Å². The molecule has 2 aromatic carbocycles. The van der Waals surface area contributed by atoms with Crippen molar-refractivity contribution in [3.63, 3.8) is 0 Å². The Morgan fingerprint density at radius 2 is 1.90 bits per heavy atom. The number of hydrogen-bond donors (Lipinski definition) is 1. The molecule has 1 heterocycles. The fourth-order valence-electron chi connectivity index (χ4n) is 2.06. The van der Waals surface area contributed by atoms with E-state index in [0.717, 1.165) is 22.4 Å². The number of rotatable bonds is 3. The van der Waals surface area contributed by atoms with Crippen molar-refractivity contribution in [2.45, 2.75) is 0 Å². The standard InChI is InChI=1S/C15H12N2O2S/c1-18-13-8-3-2-7-12(13)10-5-4-6-11(9-10)14-16-17-15(20)19-14/h2-9H,1H3,(H,17,20). The smallest absolute Gasteiger partial charge is 0.284 e. The highest BCUT2D eigenvalue weighted by atomic mass is 32.1. The second kappa shape index (κ2) is 5.30. The van der Waals surface area contributed by atoms with E-state index in [9.17, 15) is 0 Å². The topological polar surface area (TPSA) is 51.0 Å². The highest BCUT2D eigenvalue weighted by Crippen LogP contribution is 2.31. The maximum absolute atomic E-state index is 5.39. The Labute approximate surface area is 121 Å². The molecule has 0 aliphatic carbocycles. The van der Waals surface area contributed by atoms with Gasteiger partial charge in [0.2, 0.25) is 5.89 Å². The quantitative estimate of drug-likeness (QED) is 0.736. The third-order valence-electron chi connectivity index (χ3n) is 2.97. The van der Waals surface area contributed by atoms with Crippen LogP contribution in [0.5, 0.6) is 5.75 Å². The molecule has 100 valence electrons. The average molecular weight is 284 g/mol. The van der Waals surface area contributed by atoms with Gasteiger partial charge in [0, 0.05) is 11.1 Å². The Morgan fingerprint density at radius 1 is 1.10 bits per heavy atom. The van der Waals surface area contributed by atoms with Crippen molar-refractivity contribution in [2.75, 3.05) is 7.11 Å². The van der Waals surface area contributed by atoms with Gasteiger partial charge >= 0.3 is 0 Å². The average Bonchev–Trinajstić information content (AvgIpc) is 2.94. The van der Waals surface area contributed by atoms with E-state index < -0.39 is 0 Å². The summed E-state index contributed by atoms with van der Waals surface area (Å²) >= 11 is 4.89. The first kappa shape index (κ1) is 12.6. The van der Waals surface area contributed by atoms with Crippen molar-refractivity contribution in [3.05, 3.63) is 53.4 Å². The zero-order valence-corrected chi connectivity index (χ0v) is 11.6. The molecule has 0 amide bonds. The summed E-state index contributed by atoms with van der Waals surface area (Å²) < 4.78 is 10.7. The van der Waals surface area contributed by atoms with Crippen LogP contribution in [0.1, 0.15) is 0 Å². The van der Waals surface area contributed by atoms with Crippen molar-refractivity contribution in [3.8, 4) is 28.3 Å². The van der Waals surface area contributed by atoms with Gasteiger partial charge in [-0.15, -0.1) is 5.10 Å². The van der Waals surface area contributed by atoms with Crippen molar-refractivity contribution in [2.24, 2.45) is 0 Å². The molecule has 0 unspecified atom stereocenters. The lowest BCUT2D eigenvalue weighted by molar-refractivity contribution is 0.416. The third kappa shape index (κ3) is 2.35. The molecule has 0 spiro atoms. The lowest BCUT2D eigenvalue weighted by Crippen LogP contribution is -1.88. The van der Waals surface area contributed by atoms with Crippen LogP contribution in [0.15, 0.2) is 52.9 Å². The summed E-state index contributed by atoms with van der Waals surface area (Å²) in [5.74, 6) is 1.30. The van der Waals surface area contributed by atoms with E-state index in [1.165, 1.54) is 0 Å². The number of aromatic amines is 1. The molecule has 0 atom stereocenters. The Balaban J connectivity index is 2.10. The number of benzene rings is 2. The highest BCUT2D eigenvalue weighted by molar-refractivity contribution is 7.71. The van der Waals surface area contributed by atoms with Crippen molar-refractivity contribution < 1.29 is 9.15 Å². The van der Waals surface area contributed by atoms with Gasteiger partial charge in [0.25, 0.3) is 4.84 Å². The summed E-state index contributed by atoms with van der Waals surface area (Å²) in [5, 5.41) is 6.66. The van der Waals surface area contributed by atoms with Crippen LogP contribution in [0, 0.1) is 4.84 Å². The molecule has 0 fully saturated rings. The van der Waals surface area contributed by atoms with E-state index in [1.54, 1.807) is 7.11 Å². The molecule has 3 aromatic rings. The molecule has 20 heavy (non-hydrogen) atoms. The summed E-state index contributed by atoms with van der Waals surface area (Å²) in [7, 11) is 1.66. The first-order chi connectivity index (χ1) is 9.78. The van der Waals surface area contributed by atoms with Gasteiger partial charge in [-0.25, -0.2) is 5.10 Å². The number of hydrogen-bond acceptors (Lipinski definition) is 4. The van der Waals surface area contributed by atoms with Gasteiger partial charge in [-0.1, -0.05) is 30.3 Å². The van der Waals surface area contributed by atoms with Gasteiger partial charge in [-0.2, -0.15) is 0 Å². The predicted octanol–water partition coefficient (Wildman–Crippen LogP) is 4.07. The van der Waals surface area contributed by atoms with Crippen LogP contribution in [0.3, 0.4) is 0 Å². The van der Waals surface area contributed by atoms with Crippen molar-refractivity contribution in [1.82, 2.24) is 10.2 Å². The largest absolute Gasteiger partial charge is 0.496 e. The Morgan fingerprint density at radius 3 is 2.65 bits per heavy atom. The normalized spacial score (nSPS) is 10.4. The molecule has 4 nitrogen and oxygen atoms in total. The molecule has 0 radical (unpaired) electrons. The van der Waals surface area contributed by atoms with E-state index in [-0.39, 0.29) is 4.84 Å². The Kier molecular flexibility index (Phi) is 3.35. The molecule has 0 saturated carbocycles. The van der Waals surface area contributed by atoms with Gasteiger partial charge < -0.3 is 9.15 Å². The fraction of sp³-hybridized carbons (Fsp3) is 0.0667. The number of methoxy groups -OCH3 is 1. The molecule has 5 heteroatoms. The van der Waals surface area contributed by atoms with Gasteiger partial charge in [0.1, 0.15) is 5.75 Å². The monoisotopic (exact) mass is 284 g/mol. The summed E-state index contributed by atoms with van der Waals surface area (Å²) in [4.78, 5) is 0.266. The van der Waals surface area contributed by atoms with E-state index in [0.29, 0.717) is 5.89 Å². The molecule has 1 N–H and O–H groups in total. The van der Waals surface area contributed by atoms with Crippen LogP contribution in [0.2, 0.25) is 0 Å². The minimum Gasteiger partial charge on any atom is -0.496 e. The lowest BCUT2D eigenvalue weighted by atomic mass is 10.0. The predicted molar refractivity (Wildman–Crippen MR) is 79.1 cm³/mol. The number of nitrogens with one attached hydrogen (secondary N) is 1. The maximum atomic E-state index is 5.39. The maximum Gasteiger partial charge on any atom is 0.284 e. The summed E-state index contributed by atoms with van der Waals surface area (Å²) in [6.45, 7) is 0. The zero-order valence-electron chi connectivity index (χ0n) is 10.8. The second-order valence-corrected chi connectivity index (χ2v) is 4.57. The van der Waals surface area contributed by atoms with Gasteiger partial charge in [0.15, 0.2) is 0 Å². The first-order valence-corrected chi connectivity index (χ1v) is 6.48. The fourth-order valence-corrected chi connectivity index (χ4v) is 2.18. The highest BCUT2D eigenvalue weighted by Gasteiger charge is 2.08. The number of ether oxygens (including phenoxy) is 1. The summed E-state index contributed by atoms with van der Waals surface area (Å²) in [5.41, 5.74) is 2.91. The minimum atomic E-state index is 0.266. The van der Waals surface area contributed by atoms with E-state index in [4.69, 9.17) is 21.4 Å². The number of nitrogens with zero attached hydrogens (tertiary/aromatic N) is 1. The lowest BCUT2D eigenvalue weighted by Gasteiger charge is -2.08. The molecule has 0 aliphatic rings. The molecular weight excluding hydrogens is 272 g/mol. The number of aromatic nitrogens is 2. The second-order valence-electron chi connectivity index (χ2n) is 4.20. The first-order valence-electron chi connectivity index (χ1n) is 6.07. The SMILES string of the molecule is COc1ccccc1-c1cccc(-c2n[nH]c(=S)o2)c1. The van der Waals surface area contributed by atoms with Crippen molar-refractivity contribution in [1.29, 1.82) is 0 Å². The zero-order chi connectivity index (χ0) is 13.9.